The molecule has 1 atom stereocenters. The molecule has 0 amide bonds. The Morgan fingerprint density at radius 1 is 1.25 bits per heavy atom. The van der Waals surface area contributed by atoms with Crippen LogP contribution in [-0.2, 0) is 0 Å². The Hall–Kier alpha value is -2.74. The molecule has 1 unspecified atom stereocenters. The summed E-state index contributed by atoms with van der Waals surface area (Å²) in [6.45, 7) is 8.30. The fraction of sp³-hybridized carbons (Fsp3) is 0.421. The molecule has 9 heteroatoms. The molecule has 0 radical (unpaired) electrons. The molecule has 0 saturated carbocycles. The van der Waals surface area contributed by atoms with E-state index in [-0.39, 0.29) is 17.1 Å². The van der Waals surface area contributed by atoms with E-state index < -0.39 is 0 Å². The van der Waals surface area contributed by atoms with Gasteiger partial charge in [-0.2, -0.15) is 0 Å². The summed E-state index contributed by atoms with van der Waals surface area (Å²) in [6, 6.07) is 3.05. The van der Waals surface area contributed by atoms with Gasteiger partial charge in [0.15, 0.2) is 0 Å². The van der Waals surface area contributed by atoms with E-state index in [0.29, 0.717) is 16.4 Å². The number of pyridine rings is 1. The zero-order valence-electron chi connectivity index (χ0n) is 16.1. The van der Waals surface area contributed by atoms with E-state index in [2.05, 4.69) is 34.0 Å². The molecule has 1 aliphatic rings. The summed E-state index contributed by atoms with van der Waals surface area (Å²) in [6.07, 6.45) is 7.66. The Labute approximate surface area is 167 Å². The quantitative estimate of drug-likeness (QED) is 0.671. The zero-order valence-corrected chi connectivity index (χ0v) is 16.8. The van der Waals surface area contributed by atoms with Crippen molar-refractivity contribution in [3.63, 3.8) is 0 Å². The molecule has 4 rings (SSSR count). The highest BCUT2D eigenvalue weighted by atomic mass is 35.5. The van der Waals surface area contributed by atoms with Crippen LogP contribution < -0.4 is 10.5 Å². The maximum Gasteiger partial charge on any atom is 0.253 e. The lowest BCUT2D eigenvalue weighted by Crippen LogP contribution is -2.26. The first-order valence-electron chi connectivity index (χ1n) is 9.19. The predicted molar refractivity (Wildman–Crippen MR) is 107 cm³/mol. The van der Waals surface area contributed by atoms with Gasteiger partial charge >= 0.3 is 0 Å². The van der Waals surface area contributed by atoms with E-state index in [4.69, 9.17) is 16.6 Å². The van der Waals surface area contributed by atoms with E-state index in [1.165, 1.54) is 6.07 Å². The van der Waals surface area contributed by atoms with Crippen molar-refractivity contribution in [2.45, 2.75) is 33.4 Å². The number of aromatic nitrogens is 6. The van der Waals surface area contributed by atoms with Crippen LogP contribution >= 0.6 is 11.6 Å². The van der Waals surface area contributed by atoms with Crippen LogP contribution in [-0.4, -0.2) is 42.6 Å². The number of anilines is 1. The highest BCUT2D eigenvalue weighted by Crippen LogP contribution is 2.31. The van der Waals surface area contributed by atoms with Crippen molar-refractivity contribution in [1.29, 1.82) is 0 Å². The maximum atomic E-state index is 12.2. The Balaban J connectivity index is 1.59. The van der Waals surface area contributed by atoms with Gasteiger partial charge in [-0.25, -0.2) is 9.67 Å². The smallest absolute Gasteiger partial charge is 0.253 e. The van der Waals surface area contributed by atoms with Crippen LogP contribution in [0.1, 0.15) is 33.4 Å². The van der Waals surface area contributed by atoms with Gasteiger partial charge in [0.1, 0.15) is 23.4 Å². The van der Waals surface area contributed by atoms with Crippen LogP contribution in [0, 0.1) is 5.41 Å². The van der Waals surface area contributed by atoms with Gasteiger partial charge in [0.25, 0.3) is 5.56 Å². The van der Waals surface area contributed by atoms with E-state index in [1.54, 1.807) is 40.1 Å². The molecular weight excluding hydrogens is 378 g/mol. The summed E-state index contributed by atoms with van der Waals surface area (Å²) in [5.74, 6) is 0.847. The molecule has 8 nitrogen and oxygen atoms in total. The largest absolute Gasteiger partial charge is 0.355 e. The maximum absolute atomic E-state index is 12.2. The van der Waals surface area contributed by atoms with Crippen molar-refractivity contribution in [3.8, 4) is 11.4 Å². The van der Waals surface area contributed by atoms with E-state index >= 15 is 0 Å². The molecule has 146 valence electrons. The lowest BCUT2D eigenvalue weighted by molar-refractivity contribution is 0.405. The van der Waals surface area contributed by atoms with Crippen molar-refractivity contribution in [1.82, 2.24) is 29.5 Å². The average molecular weight is 400 g/mol. The first-order chi connectivity index (χ1) is 13.3. The second-order valence-corrected chi connectivity index (χ2v) is 8.34. The highest BCUT2D eigenvalue weighted by Gasteiger charge is 2.30. The molecule has 28 heavy (non-hydrogen) atoms. The van der Waals surface area contributed by atoms with Crippen LogP contribution in [0.4, 0.5) is 5.82 Å². The monoisotopic (exact) mass is 399 g/mol. The summed E-state index contributed by atoms with van der Waals surface area (Å²) >= 11 is 5.87. The van der Waals surface area contributed by atoms with Crippen molar-refractivity contribution >= 4 is 17.4 Å². The van der Waals surface area contributed by atoms with E-state index in [9.17, 15) is 4.79 Å². The van der Waals surface area contributed by atoms with E-state index in [1.807, 2.05) is 6.92 Å². The van der Waals surface area contributed by atoms with Crippen LogP contribution in [0.15, 0.2) is 41.7 Å². The van der Waals surface area contributed by atoms with Gasteiger partial charge in [0.05, 0.1) is 18.6 Å². The molecule has 1 saturated heterocycles. The van der Waals surface area contributed by atoms with Crippen LogP contribution in [0.5, 0.6) is 0 Å². The summed E-state index contributed by atoms with van der Waals surface area (Å²) in [5.41, 5.74) is 1.35. The topological polar surface area (TPSA) is 81.7 Å². The third-order valence-corrected chi connectivity index (χ3v) is 5.33. The first-order valence-corrected chi connectivity index (χ1v) is 9.57. The van der Waals surface area contributed by atoms with Gasteiger partial charge < -0.3 is 4.90 Å². The van der Waals surface area contributed by atoms with Crippen molar-refractivity contribution in [2.24, 2.45) is 5.41 Å². The number of rotatable bonds is 4. The average Bonchev–Trinajstić information content (AvgIpc) is 3.28. The van der Waals surface area contributed by atoms with Gasteiger partial charge in [-0.05, 0) is 24.8 Å². The number of hydrogen-bond acceptors (Lipinski definition) is 6. The molecule has 0 aromatic carbocycles. The SMILES string of the molecule is CC(n1cc(-c2cncc(N3CCC(C)(C)C3)n2)nn1)n1ccc(Cl)cc1=O. The molecule has 0 N–H and O–H groups in total. The molecular formula is C19H22ClN7O. The molecule has 0 aliphatic carbocycles. The third kappa shape index (κ3) is 3.64. The number of nitrogens with zero attached hydrogens (tertiary/aromatic N) is 7. The van der Waals surface area contributed by atoms with Crippen LogP contribution in [0.25, 0.3) is 11.4 Å². The second-order valence-electron chi connectivity index (χ2n) is 7.90. The minimum atomic E-state index is -0.346. The second kappa shape index (κ2) is 7.01. The number of halogens is 1. The van der Waals surface area contributed by atoms with Crippen LogP contribution in [0.2, 0.25) is 5.02 Å². The molecule has 0 bridgehead atoms. The minimum Gasteiger partial charge on any atom is -0.355 e. The summed E-state index contributed by atoms with van der Waals surface area (Å²) in [5, 5.41) is 8.81. The number of hydrogen-bond donors (Lipinski definition) is 0. The molecule has 3 aromatic heterocycles. The molecule has 1 fully saturated rings. The fourth-order valence-corrected chi connectivity index (χ4v) is 3.57. The lowest BCUT2D eigenvalue weighted by atomic mass is 9.93. The molecule has 0 spiro atoms. The predicted octanol–water partition coefficient (Wildman–Crippen LogP) is 2.85. The zero-order chi connectivity index (χ0) is 19.9. The van der Waals surface area contributed by atoms with E-state index in [0.717, 1.165) is 25.3 Å². The van der Waals surface area contributed by atoms with Gasteiger partial charge in [-0.3, -0.25) is 14.3 Å². The lowest BCUT2D eigenvalue weighted by Gasteiger charge is -2.20. The Morgan fingerprint density at radius 3 is 2.79 bits per heavy atom. The van der Waals surface area contributed by atoms with Crippen molar-refractivity contribution < 1.29 is 0 Å². The Morgan fingerprint density at radius 2 is 2.07 bits per heavy atom. The molecule has 3 aromatic rings. The standard InChI is InChI=1S/C19H22ClN7O/c1-13(26-6-4-14(20)8-18(26)28)27-11-16(23-24-27)15-9-21-10-17(22-15)25-7-5-19(2,3)12-25/h4,6,8-11,13H,5,7,12H2,1-3H3. The van der Waals surface area contributed by atoms with Gasteiger partial charge in [-0.15, -0.1) is 5.10 Å². The summed E-state index contributed by atoms with van der Waals surface area (Å²) in [7, 11) is 0. The normalized spacial score (nSPS) is 17.1. The van der Waals surface area contributed by atoms with Gasteiger partial charge in [-0.1, -0.05) is 30.7 Å². The van der Waals surface area contributed by atoms with Crippen molar-refractivity contribution in [2.75, 3.05) is 18.0 Å². The highest BCUT2D eigenvalue weighted by molar-refractivity contribution is 6.30. The Bertz CT molecular complexity index is 1060. The molecule has 4 heterocycles. The Kier molecular flexibility index (Phi) is 4.66. The third-order valence-electron chi connectivity index (χ3n) is 5.09. The van der Waals surface area contributed by atoms with Gasteiger partial charge in [0, 0.05) is 30.4 Å². The van der Waals surface area contributed by atoms with Crippen LogP contribution in [0.3, 0.4) is 0 Å². The van der Waals surface area contributed by atoms with Gasteiger partial charge in [0.2, 0.25) is 0 Å². The molecule has 1 aliphatic heterocycles. The summed E-state index contributed by atoms with van der Waals surface area (Å²) < 4.78 is 3.16. The minimum absolute atomic E-state index is 0.199. The fourth-order valence-electron chi connectivity index (χ4n) is 3.42. The summed E-state index contributed by atoms with van der Waals surface area (Å²) in [4.78, 5) is 23.5. The van der Waals surface area contributed by atoms with Crippen molar-refractivity contribution in [3.05, 3.63) is 52.3 Å². The first kappa shape index (κ1) is 18.6.